The summed E-state index contributed by atoms with van der Waals surface area (Å²) in [6.45, 7) is 0.785. The van der Waals surface area contributed by atoms with E-state index in [4.69, 9.17) is 4.74 Å². The van der Waals surface area contributed by atoms with Gasteiger partial charge in [0.25, 0.3) is 0 Å². The van der Waals surface area contributed by atoms with Crippen molar-refractivity contribution in [3.8, 4) is 0 Å². The van der Waals surface area contributed by atoms with Gasteiger partial charge in [-0.15, -0.1) is 0 Å². The molecule has 1 aliphatic rings. The van der Waals surface area contributed by atoms with Gasteiger partial charge in [0.15, 0.2) is 0 Å². The van der Waals surface area contributed by atoms with Crippen molar-refractivity contribution in [2.45, 2.75) is 18.6 Å². The fourth-order valence-electron chi connectivity index (χ4n) is 1.62. The zero-order valence-electron chi connectivity index (χ0n) is 7.94. The summed E-state index contributed by atoms with van der Waals surface area (Å²) in [5.74, 6) is 0. The first-order valence-corrected chi connectivity index (χ1v) is 4.63. The van der Waals surface area contributed by atoms with Gasteiger partial charge in [-0.3, -0.25) is 14.8 Å². The average Bonchev–Trinajstić information content (AvgIpc) is 2.67. The largest absolute Gasteiger partial charge is 0.388 e. The number of aliphatic hydroxyl groups excluding tert-OH is 1. The lowest BCUT2D eigenvalue weighted by molar-refractivity contribution is -0.385. The van der Waals surface area contributed by atoms with Crippen molar-refractivity contribution in [3.05, 3.63) is 22.5 Å². The van der Waals surface area contributed by atoms with Gasteiger partial charge < -0.3 is 9.84 Å². The van der Waals surface area contributed by atoms with Crippen LogP contribution in [0, 0.1) is 10.1 Å². The first-order chi connectivity index (χ1) is 7.18. The highest BCUT2D eigenvalue weighted by Gasteiger charge is 2.27. The van der Waals surface area contributed by atoms with Crippen LogP contribution in [0.2, 0.25) is 0 Å². The maximum Gasteiger partial charge on any atom is 0.307 e. The quantitative estimate of drug-likeness (QED) is 0.556. The van der Waals surface area contributed by atoms with Crippen molar-refractivity contribution in [1.29, 1.82) is 0 Å². The van der Waals surface area contributed by atoms with E-state index in [1.165, 1.54) is 17.1 Å². The monoisotopic (exact) mass is 213 g/mol. The minimum Gasteiger partial charge on any atom is -0.388 e. The van der Waals surface area contributed by atoms with Crippen LogP contribution in [-0.4, -0.2) is 39.1 Å². The number of hydrogen-bond donors (Lipinski definition) is 1. The molecule has 0 radical (unpaired) electrons. The zero-order valence-corrected chi connectivity index (χ0v) is 7.94. The minimum atomic E-state index is -0.654. The number of ether oxygens (including phenoxy) is 1. The maximum atomic E-state index is 10.4. The van der Waals surface area contributed by atoms with Crippen molar-refractivity contribution in [3.63, 3.8) is 0 Å². The Hall–Kier alpha value is -1.47. The molecule has 1 fully saturated rings. The molecule has 0 spiro atoms. The number of nitrogens with zero attached hydrogens (tertiary/aromatic N) is 3. The molecule has 7 nitrogen and oxygen atoms in total. The first kappa shape index (κ1) is 10.1. The van der Waals surface area contributed by atoms with Crippen LogP contribution < -0.4 is 0 Å². The number of nitro groups is 1. The second kappa shape index (κ2) is 3.95. The summed E-state index contributed by atoms with van der Waals surface area (Å²) in [4.78, 5) is 9.94. The lowest BCUT2D eigenvalue weighted by Gasteiger charge is -2.27. The summed E-state index contributed by atoms with van der Waals surface area (Å²) < 4.78 is 6.50. The standard InChI is InChI=1S/C8H11N3O4/c12-8-5-15-2-1-7(8)10-4-6(3-9-10)11(13)14/h3-4,7-8,12H,1-2,5H2. The van der Waals surface area contributed by atoms with Crippen molar-refractivity contribution in [2.24, 2.45) is 0 Å². The Balaban J connectivity index is 2.17. The second-order valence-electron chi connectivity index (χ2n) is 3.43. The van der Waals surface area contributed by atoms with Crippen molar-refractivity contribution in [2.75, 3.05) is 13.2 Å². The third kappa shape index (κ3) is 1.97. The molecule has 2 unspecified atom stereocenters. The molecule has 15 heavy (non-hydrogen) atoms. The molecule has 0 aromatic carbocycles. The highest BCUT2D eigenvalue weighted by atomic mass is 16.6. The molecule has 82 valence electrons. The van der Waals surface area contributed by atoms with Gasteiger partial charge in [0.2, 0.25) is 0 Å². The Kier molecular flexibility index (Phi) is 2.65. The van der Waals surface area contributed by atoms with E-state index in [9.17, 15) is 15.2 Å². The molecule has 2 rings (SSSR count). The normalized spacial score (nSPS) is 26.5. The Labute approximate surface area is 85.4 Å². The fraction of sp³-hybridized carbons (Fsp3) is 0.625. The molecule has 1 N–H and O–H groups in total. The van der Waals surface area contributed by atoms with Gasteiger partial charge in [-0.25, -0.2) is 0 Å². The smallest absolute Gasteiger partial charge is 0.307 e. The lowest BCUT2D eigenvalue weighted by Crippen LogP contribution is -2.34. The summed E-state index contributed by atoms with van der Waals surface area (Å²) in [7, 11) is 0. The third-order valence-corrected chi connectivity index (χ3v) is 2.43. The molecular weight excluding hydrogens is 202 g/mol. The summed E-state index contributed by atoms with van der Waals surface area (Å²) in [5.41, 5.74) is -0.0614. The molecule has 0 saturated carbocycles. The second-order valence-corrected chi connectivity index (χ2v) is 3.43. The van der Waals surface area contributed by atoms with E-state index in [-0.39, 0.29) is 18.3 Å². The van der Waals surface area contributed by atoms with Crippen LogP contribution in [0.25, 0.3) is 0 Å². The third-order valence-electron chi connectivity index (χ3n) is 2.43. The van der Waals surface area contributed by atoms with Gasteiger partial charge >= 0.3 is 5.69 Å². The van der Waals surface area contributed by atoms with E-state index < -0.39 is 11.0 Å². The molecule has 1 aromatic heterocycles. The first-order valence-electron chi connectivity index (χ1n) is 4.63. The predicted octanol–water partition coefficient (Wildman–Crippen LogP) is 0.114. The molecule has 1 aliphatic heterocycles. The fourth-order valence-corrected chi connectivity index (χ4v) is 1.62. The molecule has 7 heteroatoms. The van der Waals surface area contributed by atoms with Gasteiger partial charge in [0.1, 0.15) is 12.4 Å². The van der Waals surface area contributed by atoms with Crippen LogP contribution in [0.3, 0.4) is 0 Å². The SMILES string of the molecule is O=[N+]([O-])c1cnn(C2CCOCC2O)c1. The van der Waals surface area contributed by atoms with Crippen LogP contribution in [0.5, 0.6) is 0 Å². The van der Waals surface area contributed by atoms with Crippen molar-refractivity contribution < 1.29 is 14.8 Å². The van der Waals surface area contributed by atoms with Crippen LogP contribution in [0.1, 0.15) is 12.5 Å². The molecule has 1 aromatic rings. The topological polar surface area (TPSA) is 90.4 Å². The molecule has 1 saturated heterocycles. The van der Waals surface area contributed by atoms with Gasteiger partial charge in [-0.1, -0.05) is 0 Å². The highest BCUT2D eigenvalue weighted by molar-refractivity contribution is 5.21. The van der Waals surface area contributed by atoms with Crippen LogP contribution >= 0.6 is 0 Å². The zero-order chi connectivity index (χ0) is 10.8. The van der Waals surface area contributed by atoms with Crippen LogP contribution in [-0.2, 0) is 4.74 Å². The molecule has 0 bridgehead atoms. The van der Waals surface area contributed by atoms with Gasteiger partial charge in [-0.2, -0.15) is 5.10 Å². The summed E-state index contributed by atoms with van der Waals surface area (Å²) in [5, 5.41) is 23.9. The molecule has 0 aliphatic carbocycles. The number of aliphatic hydroxyl groups is 1. The lowest BCUT2D eigenvalue weighted by atomic mass is 10.1. The molecule has 0 amide bonds. The van der Waals surface area contributed by atoms with Gasteiger partial charge in [-0.05, 0) is 6.42 Å². The van der Waals surface area contributed by atoms with Crippen LogP contribution in [0.15, 0.2) is 12.4 Å². The van der Waals surface area contributed by atoms with Crippen molar-refractivity contribution in [1.82, 2.24) is 9.78 Å². The Morgan fingerprint density at radius 1 is 1.73 bits per heavy atom. The average molecular weight is 213 g/mol. The highest BCUT2D eigenvalue weighted by Crippen LogP contribution is 2.22. The summed E-state index contributed by atoms with van der Waals surface area (Å²) in [6.07, 6.45) is 2.47. The van der Waals surface area contributed by atoms with Crippen molar-refractivity contribution >= 4 is 5.69 Å². The van der Waals surface area contributed by atoms with E-state index in [0.29, 0.717) is 13.0 Å². The van der Waals surface area contributed by atoms with E-state index in [1.807, 2.05) is 0 Å². The molecule has 2 atom stereocenters. The molecular formula is C8H11N3O4. The maximum absolute atomic E-state index is 10.4. The van der Waals surface area contributed by atoms with Gasteiger partial charge in [0.05, 0.1) is 23.7 Å². The minimum absolute atomic E-state index is 0.0614. The Morgan fingerprint density at radius 3 is 3.13 bits per heavy atom. The predicted molar refractivity (Wildman–Crippen MR) is 49.4 cm³/mol. The van der Waals surface area contributed by atoms with E-state index in [2.05, 4.69) is 5.10 Å². The number of rotatable bonds is 2. The number of aromatic nitrogens is 2. The summed E-state index contributed by atoms with van der Waals surface area (Å²) >= 11 is 0. The number of hydrogen-bond acceptors (Lipinski definition) is 5. The van der Waals surface area contributed by atoms with E-state index >= 15 is 0 Å². The Morgan fingerprint density at radius 2 is 2.53 bits per heavy atom. The van der Waals surface area contributed by atoms with Crippen LogP contribution in [0.4, 0.5) is 5.69 Å². The molecule has 2 heterocycles. The van der Waals surface area contributed by atoms with E-state index in [0.717, 1.165) is 0 Å². The van der Waals surface area contributed by atoms with Gasteiger partial charge in [0, 0.05) is 6.61 Å². The summed E-state index contributed by atoms with van der Waals surface area (Å²) in [6, 6.07) is -0.229. The van der Waals surface area contributed by atoms with E-state index in [1.54, 1.807) is 0 Å². The Bertz CT molecular complexity index is 365.